The van der Waals surface area contributed by atoms with Crippen LogP contribution in [0.4, 0.5) is 0 Å². The Hall–Kier alpha value is -1.62. The Morgan fingerprint density at radius 3 is 2.58 bits per heavy atom. The second kappa shape index (κ2) is 7.51. The van der Waals surface area contributed by atoms with Gasteiger partial charge in [0.25, 0.3) is 5.91 Å². The topological polar surface area (TPSA) is 38.1 Å². The van der Waals surface area contributed by atoms with Gasteiger partial charge in [-0.2, -0.15) is 5.10 Å². The highest BCUT2D eigenvalue weighted by Gasteiger charge is 2.22. The Morgan fingerprint density at radius 1 is 1.25 bits per heavy atom. The van der Waals surface area contributed by atoms with Crippen molar-refractivity contribution in [1.29, 1.82) is 0 Å². The van der Waals surface area contributed by atoms with Crippen molar-refractivity contribution in [1.82, 2.24) is 14.7 Å². The average molecular weight is 390 g/mol. The van der Waals surface area contributed by atoms with Gasteiger partial charge in [0.1, 0.15) is 0 Å². The molecule has 0 aliphatic heterocycles. The van der Waals surface area contributed by atoms with E-state index in [2.05, 4.69) is 21.0 Å². The first-order valence-electron chi connectivity index (χ1n) is 8.62. The molecule has 1 aliphatic rings. The SMILES string of the molecule is Cc1c(C(=O)N(C)CC2CCCCC2)cnn1-c1ccc(Br)cc1. The third kappa shape index (κ3) is 3.72. The minimum Gasteiger partial charge on any atom is -0.341 e. The standard InChI is InChI=1S/C19H24BrN3O/c1-14-18(12-21-23(14)17-10-8-16(20)9-11-17)19(24)22(2)13-15-6-4-3-5-7-15/h8-12,15H,3-7,13H2,1-2H3. The number of nitrogens with zero attached hydrogens (tertiary/aromatic N) is 3. The highest BCUT2D eigenvalue weighted by molar-refractivity contribution is 9.10. The molecule has 1 heterocycles. The first-order chi connectivity index (χ1) is 11.6. The van der Waals surface area contributed by atoms with Gasteiger partial charge in [0.15, 0.2) is 0 Å². The minimum absolute atomic E-state index is 0.0708. The molecule has 0 N–H and O–H groups in total. The summed E-state index contributed by atoms with van der Waals surface area (Å²) in [6, 6.07) is 7.94. The van der Waals surface area contributed by atoms with Crippen LogP contribution in [-0.4, -0.2) is 34.2 Å². The average Bonchev–Trinajstić information content (AvgIpc) is 2.97. The molecule has 0 saturated heterocycles. The number of benzene rings is 1. The number of carbonyl (C=O) groups excluding carboxylic acids is 1. The van der Waals surface area contributed by atoms with Gasteiger partial charge in [-0.3, -0.25) is 4.79 Å². The number of hydrogen-bond acceptors (Lipinski definition) is 2. The van der Waals surface area contributed by atoms with Crippen LogP contribution in [0.1, 0.15) is 48.2 Å². The summed E-state index contributed by atoms with van der Waals surface area (Å²) in [5.41, 5.74) is 2.54. The monoisotopic (exact) mass is 389 g/mol. The minimum atomic E-state index is 0.0708. The lowest BCUT2D eigenvalue weighted by Crippen LogP contribution is -2.32. The van der Waals surface area contributed by atoms with Gasteiger partial charge < -0.3 is 4.90 Å². The van der Waals surface area contributed by atoms with Gasteiger partial charge in [-0.1, -0.05) is 35.2 Å². The highest BCUT2D eigenvalue weighted by Crippen LogP contribution is 2.25. The van der Waals surface area contributed by atoms with Crippen LogP contribution in [0, 0.1) is 12.8 Å². The lowest BCUT2D eigenvalue weighted by molar-refractivity contribution is 0.0760. The number of halogens is 1. The molecule has 0 bridgehead atoms. The fourth-order valence-electron chi connectivity index (χ4n) is 3.51. The van der Waals surface area contributed by atoms with Gasteiger partial charge >= 0.3 is 0 Å². The Morgan fingerprint density at radius 2 is 1.92 bits per heavy atom. The molecule has 1 aliphatic carbocycles. The van der Waals surface area contributed by atoms with Crippen molar-refractivity contribution in [3.8, 4) is 5.69 Å². The summed E-state index contributed by atoms with van der Waals surface area (Å²) in [4.78, 5) is 14.7. The largest absolute Gasteiger partial charge is 0.341 e. The third-order valence-electron chi connectivity index (χ3n) is 4.91. The Kier molecular flexibility index (Phi) is 5.39. The van der Waals surface area contributed by atoms with Crippen LogP contribution in [0.3, 0.4) is 0 Å². The number of hydrogen-bond donors (Lipinski definition) is 0. The Bertz CT molecular complexity index is 702. The van der Waals surface area contributed by atoms with Crippen molar-refractivity contribution in [3.63, 3.8) is 0 Å². The van der Waals surface area contributed by atoms with Gasteiger partial charge in [-0.15, -0.1) is 0 Å². The van der Waals surface area contributed by atoms with Crippen LogP contribution in [0.15, 0.2) is 34.9 Å². The van der Waals surface area contributed by atoms with Gasteiger partial charge in [-0.05, 0) is 49.9 Å². The summed E-state index contributed by atoms with van der Waals surface area (Å²) in [5.74, 6) is 0.718. The molecule has 24 heavy (non-hydrogen) atoms. The van der Waals surface area contributed by atoms with Crippen LogP contribution in [-0.2, 0) is 0 Å². The van der Waals surface area contributed by atoms with Crippen LogP contribution in [0.5, 0.6) is 0 Å². The van der Waals surface area contributed by atoms with E-state index in [1.807, 2.05) is 47.8 Å². The lowest BCUT2D eigenvalue weighted by Gasteiger charge is -2.27. The molecule has 1 amide bonds. The van der Waals surface area contributed by atoms with E-state index in [1.165, 1.54) is 32.1 Å². The number of carbonyl (C=O) groups is 1. The van der Waals surface area contributed by atoms with Crippen LogP contribution in [0.2, 0.25) is 0 Å². The normalized spacial score (nSPS) is 15.5. The molecule has 0 radical (unpaired) electrons. The summed E-state index contributed by atoms with van der Waals surface area (Å²) in [6.07, 6.45) is 8.12. The summed E-state index contributed by atoms with van der Waals surface area (Å²) in [6.45, 7) is 2.80. The van der Waals surface area contributed by atoms with E-state index in [9.17, 15) is 4.79 Å². The molecule has 1 aromatic heterocycles. The van der Waals surface area contributed by atoms with E-state index < -0.39 is 0 Å². The van der Waals surface area contributed by atoms with Gasteiger partial charge in [0, 0.05) is 18.1 Å². The molecule has 2 aromatic rings. The van der Waals surface area contributed by atoms with Crippen LogP contribution >= 0.6 is 15.9 Å². The molecule has 1 saturated carbocycles. The molecular formula is C19H24BrN3O. The molecule has 128 valence electrons. The maximum Gasteiger partial charge on any atom is 0.257 e. The van der Waals surface area contributed by atoms with E-state index >= 15 is 0 Å². The second-order valence-electron chi connectivity index (χ2n) is 6.72. The van der Waals surface area contributed by atoms with E-state index in [1.54, 1.807) is 6.20 Å². The zero-order chi connectivity index (χ0) is 17.1. The molecule has 5 heteroatoms. The van der Waals surface area contributed by atoms with Gasteiger partial charge in [0.2, 0.25) is 0 Å². The number of rotatable bonds is 4. The summed E-state index contributed by atoms with van der Waals surface area (Å²) in [7, 11) is 1.91. The first kappa shape index (κ1) is 17.2. The molecule has 1 fully saturated rings. The quantitative estimate of drug-likeness (QED) is 0.766. The maximum atomic E-state index is 12.8. The van der Waals surface area contributed by atoms with Crippen LogP contribution < -0.4 is 0 Å². The summed E-state index contributed by atoms with van der Waals surface area (Å²) < 4.78 is 2.85. The third-order valence-corrected chi connectivity index (χ3v) is 5.44. The van der Waals surface area contributed by atoms with Crippen molar-refractivity contribution >= 4 is 21.8 Å². The van der Waals surface area contributed by atoms with Crippen molar-refractivity contribution in [2.45, 2.75) is 39.0 Å². The molecule has 0 spiro atoms. The molecular weight excluding hydrogens is 366 g/mol. The van der Waals surface area contributed by atoms with E-state index in [0.717, 1.165) is 22.4 Å². The zero-order valence-corrected chi connectivity index (χ0v) is 15.9. The Balaban J connectivity index is 1.74. The zero-order valence-electron chi connectivity index (χ0n) is 14.3. The fourth-order valence-corrected chi connectivity index (χ4v) is 3.77. The fraction of sp³-hybridized carbons (Fsp3) is 0.474. The van der Waals surface area contributed by atoms with Crippen molar-refractivity contribution in [2.24, 2.45) is 5.92 Å². The van der Waals surface area contributed by atoms with Crippen LogP contribution in [0.25, 0.3) is 5.69 Å². The lowest BCUT2D eigenvalue weighted by atomic mass is 9.89. The predicted octanol–water partition coefficient (Wildman–Crippen LogP) is 4.60. The molecule has 3 rings (SSSR count). The summed E-state index contributed by atoms with van der Waals surface area (Å²) >= 11 is 3.44. The molecule has 4 nitrogen and oxygen atoms in total. The first-order valence-corrected chi connectivity index (χ1v) is 9.41. The predicted molar refractivity (Wildman–Crippen MR) is 99.5 cm³/mol. The summed E-state index contributed by atoms with van der Waals surface area (Å²) in [5, 5.41) is 4.42. The van der Waals surface area contributed by atoms with Gasteiger partial charge in [-0.25, -0.2) is 4.68 Å². The van der Waals surface area contributed by atoms with Crippen molar-refractivity contribution in [2.75, 3.05) is 13.6 Å². The van der Waals surface area contributed by atoms with E-state index in [0.29, 0.717) is 11.5 Å². The van der Waals surface area contributed by atoms with E-state index in [-0.39, 0.29) is 5.91 Å². The van der Waals surface area contributed by atoms with Gasteiger partial charge in [0.05, 0.1) is 23.1 Å². The highest BCUT2D eigenvalue weighted by atomic mass is 79.9. The maximum absolute atomic E-state index is 12.8. The molecule has 0 atom stereocenters. The molecule has 0 unspecified atom stereocenters. The number of amides is 1. The van der Waals surface area contributed by atoms with Crippen molar-refractivity contribution in [3.05, 3.63) is 46.2 Å². The molecule has 1 aromatic carbocycles. The number of aromatic nitrogens is 2. The van der Waals surface area contributed by atoms with E-state index in [4.69, 9.17) is 0 Å². The smallest absolute Gasteiger partial charge is 0.257 e. The second-order valence-corrected chi connectivity index (χ2v) is 7.64. The Labute approximate surface area is 152 Å². The van der Waals surface area contributed by atoms with Crippen molar-refractivity contribution < 1.29 is 4.79 Å².